The van der Waals surface area contributed by atoms with Crippen LogP contribution in [0.5, 0.6) is 0 Å². The van der Waals surface area contributed by atoms with Gasteiger partial charge in [-0.15, -0.1) is 0 Å². The van der Waals surface area contributed by atoms with E-state index in [0.29, 0.717) is 17.9 Å². The van der Waals surface area contributed by atoms with Crippen LogP contribution in [0.25, 0.3) is 5.70 Å². The Morgan fingerprint density at radius 1 is 1.33 bits per heavy atom. The number of nitrogens with zero attached hydrogens (tertiary/aromatic N) is 1. The maximum atomic E-state index is 11.5. The third kappa shape index (κ3) is 3.43. The Morgan fingerprint density at radius 2 is 1.94 bits per heavy atom. The molecule has 0 aliphatic carbocycles. The SMILES string of the molecule is C=C(c1ccccc1)N(COCC)C(=O)C(=O)O. The number of carboxylic acid groups (broad SMARTS) is 1. The predicted octanol–water partition coefficient (Wildman–Crippen LogP) is 1.56. The van der Waals surface area contributed by atoms with Crippen LogP contribution < -0.4 is 0 Å². The predicted molar refractivity (Wildman–Crippen MR) is 66.5 cm³/mol. The van der Waals surface area contributed by atoms with Crippen LogP contribution >= 0.6 is 0 Å². The van der Waals surface area contributed by atoms with E-state index in [1.807, 2.05) is 6.07 Å². The van der Waals surface area contributed by atoms with Gasteiger partial charge in [0.25, 0.3) is 0 Å². The molecule has 0 spiro atoms. The molecule has 96 valence electrons. The fourth-order valence-electron chi connectivity index (χ4n) is 1.34. The Bertz CT molecular complexity index is 442. The fourth-order valence-corrected chi connectivity index (χ4v) is 1.34. The molecule has 5 heteroatoms. The molecular weight excluding hydrogens is 234 g/mol. The smallest absolute Gasteiger partial charge is 0.395 e. The summed E-state index contributed by atoms with van der Waals surface area (Å²) in [6, 6.07) is 8.88. The molecule has 0 aromatic heterocycles. The first kappa shape index (κ1) is 13.9. The van der Waals surface area contributed by atoms with Gasteiger partial charge in [-0.05, 0) is 12.5 Å². The summed E-state index contributed by atoms with van der Waals surface area (Å²) in [6.45, 7) is 5.75. The molecule has 18 heavy (non-hydrogen) atoms. The van der Waals surface area contributed by atoms with Crippen LogP contribution in [0.15, 0.2) is 36.9 Å². The second-order valence-corrected chi connectivity index (χ2v) is 3.47. The number of hydrogen-bond acceptors (Lipinski definition) is 3. The number of carbonyl (C=O) groups is 2. The Labute approximate surface area is 105 Å². The van der Waals surface area contributed by atoms with Crippen LogP contribution in [-0.4, -0.2) is 35.2 Å². The van der Waals surface area contributed by atoms with E-state index in [1.54, 1.807) is 31.2 Å². The van der Waals surface area contributed by atoms with Gasteiger partial charge >= 0.3 is 11.9 Å². The van der Waals surface area contributed by atoms with Gasteiger partial charge in [0.1, 0.15) is 6.73 Å². The molecule has 0 aliphatic rings. The number of hydrogen-bond donors (Lipinski definition) is 1. The van der Waals surface area contributed by atoms with Crippen LogP contribution in [0.4, 0.5) is 0 Å². The van der Waals surface area contributed by atoms with Crippen molar-refractivity contribution in [3.8, 4) is 0 Å². The molecular formula is C13H15NO4. The van der Waals surface area contributed by atoms with Gasteiger partial charge in [-0.1, -0.05) is 36.9 Å². The molecule has 0 heterocycles. The minimum atomic E-state index is -1.54. The van der Waals surface area contributed by atoms with Crippen molar-refractivity contribution in [1.29, 1.82) is 0 Å². The van der Waals surface area contributed by atoms with Gasteiger partial charge in [-0.25, -0.2) is 4.79 Å². The number of carboxylic acids is 1. The lowest BCUT2D eigenvalue weighted by Crippen LogP contribution is -2.36. The van der Waals surface area contributed by atoms with Crippen LogP contribution in [0, 0.1) is 0 Å². The summed E-state index contributed by atoms with van der Waals surface area (Å²) in [5.41, 5.74) is 0.975. The van der Waals surface area contributed by atoms with Crippen molar-refractivity contribution in [2.24, 2.45) is 0 Å². The molecule has 1 aromatic carbocycles. The van der Waals surface area contributed by atoms with Crippen LogP contribution in [0.3, 0.4) is 0 Å². The Balaban J connectivity index is 2.92. The summed E-state index contributed by atoms with van der Waals surface area (Å²) < 4.78 is 5.09. The van der Waals surface area contributed by atoms with Crippen molar-refractivity contribution in [3.05, 3.63) is 42.5 Å². The Kier molecular flexibility index (Phi) is 5.07. The van der Waals surface area contributed by atoms with Gasteiger partial charge in [-0.2, -0.15) is 0 Å². The molecule has 1 amide bonds. The molecule has 0 saturated carbocycles. The van der Waals surface area contributed by atoms with Crippen LogP contribution in [0.1, 0.15) is 12.5 Å². The van der Waals surface area contributed by atoms with E-state index < -0.39 is 11.9 Å². The molecule has 0 fully saturated rings. The van der Waals surface area contributed by atoms with E-state index in [2.05, 4.69) is 6.58 Å². The fraction of sp³-hybridized carbons (Fsp3) is 0.231. The zero-order valence-corrected chi connectivity index (χ0v) is 10.1. The largest absolute Gasteiger partial charge is 0.474 e. The van der Waals surface area contributed by atoms with Gasteiger partial charge < -0.3 is 9.84 Å². The van der Waals surface area contributed by atoms with Gasteiger partial charge in [0, 0.05) is 12.3 Å². The minimum Gasteiger partial charge on any atom is -0.474 e. The third-order valence-electron chi connectivity index (χ3n) is 2.29. The van der Waals surface area contributed by atoms with Crippen LogP contribution in [-0.2, 0) is 14.3 Å². The first-order chi connectivity index (χ1) is 8.57. The number of aliphatic carboxylic acids is 1. The summed E-state index contributed by atoms with van der Waals surface area (Å²) in [6.07, 6.45) is 0. The Morgan fingerprint density at radius 3 is 2.44 bits per heavy atom. The van der Waals surface area contributed by atoms with Gasteiger partial charge in [0.2, 0.25) is 0 Å². The quantitative estimate of drug-likeness (QED) is 0.635. The van der Waals surface area contributed by atoms with E-state index >= 15 is 0 Å². The summed E-state index contributed by atoms with van der Waals surface area (Å²) >= 11 is 0. The van der Waals surface area contributed by atoms with Crippen molar-refractivity contribution >= 4 is 17.6 Å². The highest BCUT2D eigenvalue weighted by molar-refractivity contribution is 6.32. The normalized spacial score (nSPS) is 9.83. The molecule has 0 unspecified atom stereocenters. The third-order valence-corrected chi connectivity index (χ3v) is 2.29. The molecule has 0 bridgehead atoms. The summed E-state index contributed by atoms with van der Waals surface area (Å²) in [5.74, 6) is -2.59. The summed E-state index contributed by atoms with van der Waals surface area (Å²) in [4.78, 5) is 23.3. The highest BCUT2D eigenvalue weighted by Gasteiger charge is 2.24. The van der Waals surface area contributed by atoms with E-state index in [1.165, 1.54) is 0 Å². The van der Waals surface area contributed by atoms with Crippen molar-refractivity contribution in [1.82, 2.24) is 4.90 Å². The van der Waals surface area contributed by atoms with Gasteiger partial charge in [0.05, 0.1) is 0 Å². The molecule has 1 N–H and O–H groups in total. The summed E-state index contributed by atoms with van der Waals surface area (Å²) in [7, 11) is 0. The van der Waals surface area contributed by atoms with Crippen LogP contribution in [0.2, 0.25) is 0 Å². The second-order valence-electron chi connectivity index (χ2n) is 3.47. The van der Waals surface area contributed by atoms with Crippen molar-refractivity contribution in [2.45, 2.75) is 6.92 Å². The zero-order valence-electron chi connectivity index (χ0n) is 10.1. The van der Waals surface area contributed by atoms with Crippen molar-refractivity contribution in [3.63, 3.8) is 0 Å². The second kappa shape index (κ2) is 6.56. The van der Waals surface area contributed by atoms with Crippen molar-refractivity contribution in [2.75, 3.05) is 13.3 Å². The lowest BCUT2D eigenvalue weighted by atomic mass is 10.1. The zero-order chi connectivity index (χ0) is 13.5. The monoisotopic (exact) mass is 249 g/mol. The summed E-state index contributed by atoms with van der Waals surface area (Å²) in [5, 5.41) is 8.76. The molecule has 0 saturated heterocycles. The number of amides is 1. The lowest BCUT2D eigenvalue weighted by Gasteiger charge is -2.22. The maximum absolute atomic E-state index is 11.5. The van der Waals surface area contributed by atoms with E-state index in [-0.39, 0.29) is 6.73 Å². The average Bonchev–Trinajstić information content (AvgIpc) is 2.39. The number of rotatable bonds is 5. The molecule has 0 atom stereocenters. The molecule has 1 rings (SSSR count). The maximum Gasteiger partial charge on any atom is 0.395 e. The van der Waals surface area contributed by atoms with E-state index in [4.69, 9.17) is 9.84 Å². The lowest BCUT2D eigenvalue weighted by molar-refractivity contribution is -0.156. The molecule has 1 aromatic rings. The number of benzene rings is 1. The molecule has 0 radical (unpaired) electrons. The molecule has 5 nitrogen and oxygen atoms in total. The number of carbonyl (C=O) groups excluding carboxylic acids is 1. The Hall–Kier alpha value is -2.14. The molecule has 0 aliphatic heterocycles. The first-order valence-corrected chi connectivity index (χ1v) is 5.44. The van der Waals surface area contributed by atoms with Gasteiger partial charge in [0.15, 0.2) is 0 Å². The average molecular weight is 249 g/mol. The van der Waals surface area contributed by atoms with E-state index in [9.17, 15) is 9.59 Å². The number of ether oxygens (including phenoxy) is 1. The van der Waals surface area contributed by atoms with Gasteiger partial charge in [-0.3, -0.25) is 9.69 Å². The highest BCUT2D eigenvalue weighted by Crippen LogP contribution is 2.17. The minimum absolute atomic E-state index is 0.130. The van der Waals surface area contributed by atoms with E-state index in [0.717, 1.165) is 4.90 Å². The van der Waals surface area contributed by atoms with Crippen molar-refractivity contribution < 1.29 is 19.4 Å². The topological polar surface area (TPSA) is 66.8 Å². The standard InChI is InChI=1S/C13H15NO4/c1-3-18-9-14(12(15)13(16)17)10(2)11-7-5-4-6-8-11/h4-8H,2-3,9H2,1H3,(H,16,17). The highest BCUT2D eigenvalue weighted by atomic mass is 16.5. The first-order valence-electron chi connectivity index (χ1n) is 5.44.